The molecule has 0 saturated carbocycles. The zero-order valence-electron chi connectivity index (χ0n) is 19.7. The number of anilines is 1. The summed E-state index contributed by atoms with van der Waals surface area (Å²) in [6.45, 7) is 0.0214. The van der Waals surface area contributed by atoms with Crippen LogP contribution in [0.25, 0.3) is 0 Å². The summed E-state index contributed by atoms with van der Waals surface area (Å²) < 4.78 is 34.2. The lowest BCUT2D eigenvalue weighted by molar-refractivity contribution is -0.119. The van der Waals surface area contributed by atoms with Gasteiger partial charge in [0.2, 0.25) is 0 Å². The van der Waals surface area contributed by atoms with Crippen molar-refractivity contribution < 1.29 is 17.9 Å². The Balaban J connectivity index is 1.39. The van der Waals surface area contributed by atoms with Gasteiger partial charge in [0.05, 0.1) is 16.8 Å². The fourth-order valence-corrected chi connectivity index (χ4v) is 5.08. The van der Waals surface area contributed by atoms with Gasteiger partial charge >= 0.3 is 0 Å². The van der Waals surface area contributed by atoms with E-state index in [4.69, 9.17) is 4.74 Å². The lowest BCUT2D eigenvalue weighted by Crippen LogP contribution is -2.39. The predicted octanol–water partition coefficient (Wildman–Crippen LogP) is 5.37. The van der Waals surface area contributed by atoms with E-state index in [1.165, 1.54) is 18.3 Å². The Morgan fingerprint density at radius 1 is 0.865 bits per heavy atom. The Morgan fingerprint density at radius 2 is 1.49 bits per heavy atom. The number of amides is 1. The van der Waals surface area contributed by atoms with E-state index in [0.717, 1.165) is 19.9 Å². The minimum Gasteiger partial charge on any atom is -0.489 e. The second-order valence-electron chi connectivity index (χ2n) is 7.94. The lowest BCUT2D eigenvalue weighted by Gasteiger charge is -2.23. The first-order chi connectivity index (χ1) is 17.9. The van der Waals surface area contributed by atoms with E-state index in [1.54, 1.807) is 42.5 Å². The van der Waals surface area contributed by atoms with Gasteiger partial charge in [-0.05, 0) is 71.8 Å². The summed E-state index contributed by atoms with van der Waals surface area (Å²) in [5.74, 6) is 0.128. The molecule has 4 rings (SSSR count). The van der Waals surface area contributed by atoms with Crippen molar-refractivity contribution >= 4 is 43.8 Å². The van der Waals surface area contributed by atoms with Gasteiger partial charge in [-0.25, -0.2) is 13.8 Å². The average Bonchev–Trinajstić information content (AvgIpc) is 2.93. The highest BCUT2D eigenvalue weighted by Crippen LogP contribution is 2.25. The largest absolute Gasteiger partial charge is 0.489 e. The molecule has 0 aliphatic heterocycles. The molecule has 37 heavy (non-hydrogen) atoms. The molecule has 4 aromatic rings. The molecule has 0 aliphatic carbocycles. The zero-order valence-corrected chi connectivity index (χ0v) is 22.1. The van der Waals surface area contributed by atoms with Gasteiger partial charge in [0.15, 0.2) is 0 Å². The third kappa shape index (κ3) is 7.28. The number of nitrogens with zero attached hydrogens (tertiary/aromatic N) is 2. The first-order valence-corrected chi connectivity index (χ1v) is 13.6. The summed E-state index contributed by atoms with van der Waals surface area (Å²) in [4.78, 5) is 12.8. The van der Waals surface area contributed by atoms with Crippen LogP contribution in [0, 0.1) is 0 Å². The number of halogens is 1. The van der Waals surface area contributed by atoms with Crippen molar-refractivity contribution in [3.8, 4) is 5.75 Å². The van der Waals surface area contributed by atoms with Crippen LogP contribution in [0.5, 0.6) is 5.75 Å². The number of benzene rings is 4. The van der Waals surface area contributed by atoms with E-state index in [0.29, 0.717) is 18.0 Å². The van der Waals surface area contributed by atoms with Crippen molar-refractivity contribution in [3.63, 3.8) is 0 Å². The highest BCUT2D eigenvalue weighted by Gasteiger charge is 2.27. The maximum Gasteiger partial charge on any atom is 0.264 e. The highest BCUT2D eigenvalue weighted by molar-refractivity contribution is 9.10. The number of ether oxygens (including phenoxy) is 1. The zero-order chi connectivity index (χ0) is 26.1. The Hall–Kier alpha value is -3.95. The molecule has 0 fully saturated rings. The molecule has 0 aromatic heterocycles. The molecule has 1 amide bonds. The second-order valence-corrected chi connectivity index (χ2v) is 10.7. The SMILES string of the molecule is O=C(CN(c1ccc(Br)cc1)S(=O)(=O)c1ccccc1)N/N=C\c1ccc(OCc2ccccc2)cc1. The third-order valence-electron chi connectivity index (χ3n) is 5.26. The second kappa shape index (κ2) is 12.3. The van der Waals surface area contributed by atoms with E-state index in [9.17, 15) is 13.2 Å². The van der Waals surface area contributed by atoms with Crippen LogP contribution in [0.4, 0.5) is 5.69 Å². The predicted molar refractivity (Wildman–Crippen MR) is 148 cm³/mol. The fraction of sp³-hybridized carbons (Fsp3) is 0.0714. The van der Waals surface area contributed by atoms with Crippen LogP contribution in [-0.4, -0.2) is 27.1 Å². The number of sulfonamides is 1. The molecule has 188 valence electrons. The number of hydrogen-bond acceptors (Lipinski definition) is 5. The molecule has 0 spiro atoms. The summed E-state index contributed by atoms with van der Waals surface area (Å²) in [7, 11) is -3.98. The van der Waals surface area contributed by atoms with Gasteiger partial charge < -0.3 is 4.74 Å². The molecular weight excluding hydrogens is 554 g/mol. The van der Waals surface area contributed by atoms with Crippen molar-refractivity contribution in [1.29, 1.82) is 0 Å². The maximum absolute atomic E-state index is 13.3. The van der Waals surface area contributed by atoms with Gasteiger partial charge in [-0.15, -0.1) is 0 Å². The number of carbonyl (C=O) groups is 1. The van der Waals surface area contributed by atoms with Crippen LogP contribution < -0.4 is 14.5 Å². The summed E-state index contributed by atoms with van der Waals surface area (Å²) in [5.41, 5.74) is 4.59. The van der Waals surface area contributed by atoms with Gasteiger partial charge in [-0.3, -0.25) is 9.10 Å². The van der Waals surface area contributed by atoms with E-state index in [-0.39, 0.29) is 4.90 Å². The minimum absolute atomic E-state index is 0.0868. The normalized spacial score (nSPS) is 11.3. The van der Waals surface area contributed by atoms with Crippen LogP contribution in [0.3, 0.4) is 0 Å². The number of nitrogens with one attached hydrogen (secondary N) is 1. The third-order valence-corrected chi connectivity index (χ3v) is 7.58. The van der Waals surface area contributed by atoms with E-state index in [2.05, 4.69) is 26.5 Å². The summed E-state index contributed by atoms with van der Waals surface area (Å²) >= 11 is 3.35. The number of hydrogen-bond donors (Lipinski definition) is 1. The standard InChI is InChI=1S/C28H24BrN3O4S/c29-24-13-15-25(16-14-24)32(37(34,35)27-9-5-2-6-10-27)20-28(33)31-30-19-22-11-17-26(18-12-22)36-21-23-7-3-1-4-8-23/h1-19H,20-21H2,(H,31,33)/b30-19-. The Labute approximate surface area is 224 Å². The molecule has 0 bridgehead atoms. The first-order valence-electron chi connectivity index (χ1n) is 11.3. The minimum atomic E-state index is -3.98. The fourth-order valence-electron chi connectivity index (χ4n) is 3.38. The van der Waals surface area contributed by atoms with E-state index >= 15 is 0 Å². The molecule has 9 heteroatoms. The lowest BCUT2D eigenvalue weighted by atomic mass is 10.2. The molecule has 1 N–H and O–H groups in total. The number of hydrazone groups is 1. The Kier molecular flexibility index (Phi) is 8.71. The first kappa shape index (κ1) is 26.1. The van der Waals surface area contributed by atoms with Crippen LogP contribution >= 0.6 is 15.9 Å². The quantitative estimate of drug-likeness (QED) is 0.202. The molecule has 0 atom stereocenters. The average molecular weight is 578 g/mol. The molecule has 4 aromatic carbocycles. The number of rotatable bonds is 10. The van der Waals surface area contributed by atoms with Crippen molar-refractivity contribution in [3.05, 3.63) is 125 Å². The molecule has 0 unspecified atom stereocenters. The van der Waals surface area contributed by atoms with Crippen molar-refractivity contribution in [2.75, 3.05) is 10.8 Å². The monoisotopic (exact) mass is 577 g/mol. The molecule has 0 radical (unpaired) electrons. The molecule has 0 heterocycles. The van der Waals surface area contributed by atoms with Crippen molar-refractivity contribution in [1.82, 2.24) is 5.43 Å². The van der Waals surface area contributed by atoms with Crippen LogP contribution in [0.2, 0.25) is 0 Å². The summed E-state index contributed by atoms with van der Waals surface area (Å²) in [6.07, 6.45) is 1.48. The van der Waals surface area contributed by atoms with Gasteiger partial charge in [0.1, 0.15) is 18.9 Å². The van der Waals surface area contributed by atoms with Gasteiger partial charge in [-0.1, -0.05) is 64.5 Å². The molecule has 7 nitrogen and oxygen atoms in total. The van der Waals surface area contributed by atoms with Crippen LogP contribution in [0.1, 0.15) is 11.1 Å². The number of carbonyl (C=O) groups excluding carboxylic acids is 1. The van der Waals surface area contributed by atoms with Gasteiger partial charge in [0.25, 0.3) is 15.9 Å². The Morgan fingerprint density at radius 3 is 2.14 bits per heavy atom. The van der Waals surface area contributed by atoms with Crippen LogP contribution in [-0.2, 0) is 21.4 Å². The smallest absolute Gasteiger partial charge is 0.264 e. The van der Waals surface area contributed by atoms with E-state index < -0.39 is 22.5 Å². The van der Waals surface area contributed by atoms with Crippen molar-refractivity contribution in [2.24, 2.45) is 5.10 Å². The summed E-state index contributed by atoms with van der Waals surface area (Å²) in [5, 5.41) is 3.99. The topological polar surface area (TPSA) is 88.1 Å². The van der Waals surface area contributed by atoms with E-state index in [1.807, 2.05) is 54.6 Å². The highest BCUT2D eigenvalue weighted by atomic mass is 79.9. The van der Waals surface area contributed by atoms with Crippen molar-refractivity contribution in [2.45, 2.75) is 11.5 Å². The van der Waals surface area contributed by atoms with Gasteiger partial charge in [-0.2, -0.15) is 5.10 Å². The molecule has 0 saturated heterocycles. The summed E-state index contributed by atoms with van der Waals surface area (Å²) in [6, 6.07) is 31.8. The van der Waals surface area contributed by atoms with Crippen LogP contribution in [0.15, 0.2) is 124 Å². The van der Waals surface area contributed by atoms with Gasteiger partial charge in [0, 0.05) is 4.47 Å². The maximum atomic E-state index is 13.3. The molecular formula is C28H24BrN3O4S. The Bertz CT molecular complexity index is 1450. The molecule has 0 aliphatic rings.